The molecule has 0 aliphatic rings. The van der Waals surface area contributed by atoms with Crippen molar-refractivity contribution >= 4 is 17.4 Å². The van der Waals surface area contributed by atoms with Crippen LogP contribution in [0.25, 0.3) is 0 Å². The maximum atomic E-state index is 12.8. The summed E-state index contributed by atoms with van der Waals surface area (Å²) in [7, 11) is 1.40. The molecule has 0 saturated heterocycles. The van der Waals surface area contributed by atoms with Gasteiger partial charge >= 0.3 is 12.2 Å². The summed E-state index contributed by atoms with van der Waals surface area (Å²) in [5.41, 5.74) is -1.07. The van der Waals surface area contributed by atoms with Crippen molar-refractivity contribution in [1.82, 2.24) is 25.4 Å². The van der Waals surface area contributed by atoms with E-state index in [4.69, 9.17) is 0 Å². The third kappa shape index (κ3) is 4.68. The number of nitrogens with one attached hydrogen (secondary N) is 2. The highest BCUT2D eigenvalue weighted by atomic mass is 32.1. The molecule has 126 valence electrons. The fraction of sp³-hybridized carbons (Fsp3) is 0.462. The van der Waals surface area contributed by atoms with Gasteiger partial charge in [0.25, 0.3) is 0 Å². The van der Waals surface area contributed by atoms with Crippen LogP contribution in [0.2, 0.25) is 0 Å². The van der Waals surface area contributed by atoms with Crippen LogP contribution in [-0.2, 0) is 19.8 Å². The van der Waals surface area contributed by atoms with Gasteiger partial charge in [-0.15, -0.1) is 11.3 Å². The summed E-state index contributed by atoms with van der Waals surface area (Å²) in [6.07, 6.45) is -1.63. The first-order valence-electron chi connectivity index (χ1n) is 6.78. The predicted octanol–water partition coefficient (Wildman–Crippen LogP) is 2.50. The van der Waals surface area contributed by atoms with Crippen molar-refractivity contribution in [3.63, 3.8) is 0 Å². The molecule has 0 radical (unpaired) electrons. The zero-order valence-corrected chi connectivity index (χ0v) is 13.3. The van der Waals surface area contributed by atoms with Crippen molar-refractivity contribution < 1.29 is 18.0 Å². The SMILES string of the molecule is CC(CNC(=O)NCc1cn(C)nc1C(F)(F)F)c1nccs1. The van der Waals surface area contributed by atoms with Crippen molar-refractivity contribution in [3.8, 4) is 0 Å². The Labute approximate surface area is 134 Å². The monoisotopic (exact) mass is 347 g/mol. The highest BCUT2D eigenvalue weighted by molar-refractivity contribution is 7.09. The van der Waals surface area contributed by atoms with Gasteiger partial charge in [0.1, 0.15) is 0 Å². The molecule has 0 fully saturated rings. The number of hydrogen-bond donors (Lipinski definition) is 2. The van der Waals surface area contributed by atoms with E-state index in [0.717, 1.165) is 9.69 Å². The highest BCUT2D eigenvalue weighted by Gasteiger charge is 2.36. The lowest BCUT2D eigenvalue weighted by Gasteiger charge is -2.11. The molecule has 0 spiro atoms. The summed E-state index contributed by atoms with van der Waals surface area (Å²) in [6, 6.07) is -0.537. The average Bonchev–Trinajstić information content (AvgIpc) is 3.11. The zero-order valence-electron chi connectivity index (χ0n) is 12.5. The number of carbonyl (C=O) groups excluding carboxylic acids is 1. The molecule has 2 aromatic rings. The number of amides is 2. The Hall–Kier alpha value is -2.10. The molecule has 1 unspecified atom stereocenters. The largest absolute Gasteiger partial charge is 0.435 e. The fourth-order valence-electron chi connectivity index (χ4n) is 1.95. The average molecular weight is 347 g/mol. The number of thiazole rings is 1. The number of urea groups is 1. The second kappa shape index (κ2) is 6.99. The first kappa shape index (κ1) is 17.3. The quantitative estimate of drug-likeness (QED) is 0.873. The number of halogens is 3. The van der Waals surface area contributed by atoms with Crippen LogP contribution in [-0.4, -0.2) is 27.3 Å². The van der Waals surface area contributed by atoms with E-state index in [1.165, 1.54) is 24.6 Å². The second-order valence-electron chi connectivity index (χ2n) is 5.01. The molecule has 0 aromatic carbocycles. The lowest BCUT2D eigenvalue weighted by atomic mass is 10.2. The summed E-state index contributed by atoms with van der Waals surface area (Å²) in [6.45, 7) is 2.00. The molecule has 6 nitrogen and oxygen atoms in total. The van der Waals surface area contributed by atoms with Gasteiger partial charge in [0.05, 0.1) is 5.01 Å². The molecule has 0 bridgehead atoms. The molecule has 0 aliphatic carbocycles. The molecule has 0 aliphatic heterocycles. The molecule has 1 atom stereocenters. The fourth-order valence-corrected chi connectivity index (χ4v) is 2.65. The molecule has 10 heteroatoms. The molecule has 0 saturated carbocycles. The lowest BCUT2D eigenvalue weighted by Crippen LogP contribution is -2.37. The van der Waals surface area contributed by atoms with E-state index in [9.17, 15) is 18.0 Å². The van der Waals surface area contributed by atoms with Gasteiger partial charge < -0.3 is 10.6 Å². The number of alkyl halides is 3. The molecule has 2 rings (SSSR count). The minimum absolute atomic E-state index is 0.0323. The summed E-state index contributed by atoms with van der Waals surface area (Å²) in [5, 5.41) is 11.1. The van der Waals surface area contributed by atoms with Gasteiger partial charge in [-0.05, 0) is 0 Å². The van der Waals surface area contributed by atoms with Crippen molar-refractivity contribution in [1.29, 1.82) is 0 Å². The Morgan fingerprint density at radius 1 is 1.43 bits per heavy atom. The predicted molar refractivity (Wildman–Crippen MR) is 79.0 cm³/mol. The van der Waals surface area contributed by atoms with E-state index in [-0.39, 0.29) is 18.0 Å². The van der Waals surface area contributed by atoms with Crippen LogP contribution in [0.5, 0.6) is 0 Å². The molecular weight excluding hydrogens is 331 g/mol. The van der Waals surface area contributed by atoms with Crippen LogP contribution in [0.4, 0.5) is 18.0 Å². The van der Waals surface area contributed by atoms with E-state index in [1.54, 1.807) is 6.20 Å². The van der Waals surface area contributed by atoms with Gasteiger partial charge in [-0.1, -0.05) is 6.92 Å². The van der Waals surface area contributed by atoms with Crippen LogP contribution in [0.1, 0.15) is 29.1 Å². The van der Waals surface area contributed by atoms with Gasteiger partial charge in [-0.3, -0.25) is 4.68 Å². The van der Waals surface area contributed by atoms with Crippen molar-refractivity contribution in [2.75, 3.05) is 6.54 Å². The minimum atomic E-state index is -4.55. The van der Waals surface area contributed by atoms with Crippen LogP contribution in [0.15, 0.2) is 17.8 Å². The summed E-state index contributed by atoms with van der Waals surface area (Å²) in [5.74, 6) is 0.0323. The highest BCUT2D eigenvalue weighted by Crippen LogP contribution is 2.30. The number of aryl methyl sites for hydroxylation is 1. The molecule has 2 N–H and O–H groups in total. The summed E-state index contributed by atoms with van der Waals surface area (Å²) in [4.78, 5) is 15.9. The van der Waals surface area contributed by atoms with Crippen LogP contribution < -0.4 is 10.6 Å². The van der Waals surface area contributed by atoms with Crippen molar-refractivity contribution in [2.24, 2.45) is 7.05 Å². The topological polar surface area (TPSA) is 71.8 Å². The molecule has 23 heavy (non-hydrogen) atoms. The van der Waals surface area contributed by atoms with Gasteiger partial charge in [-0.2, -0.15) is 18.3 Å². The van der Waals surface area contributed by atoms with Gasteiger partial charge in [0, 0.05) is 49.4 Å². The van der Waals surface area contributed by atoms with Crippen LogP contribution in [0, 0.1) is 0 Å². The molecule has 2 aromatic heterocycles. The third-order valence-electron chi connectivity index (χ3n) is 3.05. The Morgan fingerprint density at radius 3 is 2.78 bits per heavy atom. The minimum Gasteiger partial charge on any atom is -0.337 e. The van der Waals surface area contributed by atoms with E-state index in [0.29, 0.717) is 6.54 Å². The van der Waals surface area contributed by atoms with Crippen molar-refractivity contribution in [3.05, 3.63) is 34.0 Å². The number of aromatic nitrogens is 3. The Morgan fingerprint density at radius 2 is 2.17 bits per heavy atom. The normalized spacial score (nSPS) is 12.9. The van der Waals surface area contributed by atoms with Crippen molar-refractivity contribution in [2.45, 2.75) is 25.6 Å². The van der Waals surface area contributed by atoms with Crippen LogP contribution >= 0.6 is 11.3 Å². The third-order valence-corrected chi connectivity index (χ3v) is 4.06. The standard InChI is InChI=1S/C13H16F3N5OS/c1-8(11-17-3-4-23-11)5-18-12(22)19-6-9-7-21(2)20-10(9)13(14,15)16/h3-4,7-8H,5-6H2,1-2H3,(H2,18,19,22). The van der Waals surface area contributed by atoms with Gasteiger partial charge in [0.2, 0.25) is 0 Å². The number of nitrogens with zero attached hydrogens (tertiary/aromatic N) is 3. The number of carbonyl (C=O) groups is 1. The maximum Gasteiger partial charge on any atom is 0.435 e. The van der Waals surface area contributed by atoms with E-state index >= 15 is 0 Å². The Kier molecular flexibility index (Phi) is 5.24. The van der Waals surface area contributed by atoms with Gasteiger partial charge in [0.15, 0.2) is 5.69 Å². The Bertz CT molecular complexity index is 653. The Balaban J connectivity index is 1.85. The first-order valence-corrected chi connectivity index (χ1v) is 7.66. The molecule has 2 amide bonds. The maximum absolute atomic E-state index is 12.8. The smallest absolute Gasteiger partial charge is 0.337 e. The summed E-state index contributed by atoms with van der Waals surface area (Å²) < 4.78 is 39.4. The number of rotatable bonds is 5. The van der Waals surface area contributed by atoms with E-state index in [1.807, 2.05) is 12.3 Å². The second-order valence-corrected chi connectivity index (χ2v) is 5.94. The van der Waals surface area contributed by atoms with Crippen LogP contribution in [0.3, 0.4) is 0 Å². The zero-order chi connectivity index (χ0) is 17.0. The first-order chi connectivity index (χ1) is 10.8. The molecule has 2 heterocycles. The van der Waals surface area contributed by atoms with E-state index < -0.39 is 17.9 Å². The molecular formula is C13H16F3N5OS. The van der Waals surface area contributed by atoms with Gasteiger partial charge in [-0.25, -0.2) is 9.78 Å². The number of hydrogen-bond acceptors (Lipinski definition) is 4. The lowest BCUT2D eigenvalue weighted by molar-refractivity contribution is -0.142. The summed E-state index contributed by atoms with van der Waals surface area (Å²) >= 11 is 1.48. The van der Waals surface area contributed by atoms with E-state index in [2.05, 4.69) is 20.7 Å².